The zero-order chi connectivity index (χ0) is 36.9. The number of carbonyl (C=O) groups is 2. The summed E-state index contributed by atoms with van der Waals surface area (Å²) in [6, 6.07) is 28.3. The number of hydrogen-bond donors (Lipinski definition) is 1. The highest BCUT2D eigenvalue weighted by molar-refractivity contribution is 6.12. The molecule has 0 bridgehead atoms. The number of fused-ring (bicyclic) bond motifs is 3. The largest absolute Gasteiger partial charge is 0.508 e. The third-order valence-electron chi connectivity index (χ3n) is 10.9. The molecule has 3 aliphatic rings. The lowest BCUT2D eigenvalue weighted by Crippen LogP contribution is -2.52. The molecule has 11 nitrogen and oxygen atoms in total. The molecule has 2 amide bonds. The Morgan fingerprint density at radius 2 is 1.61 bits per heavy atom. The summed E-state index contributed by atoms with van der Waals surface area (Å²) in [6.07, 6.45) is 4.53. The zero-order valence-electron chi connectivity index (χ0n) is 30.3. The van der Waals surface area contributed by atoms with E-state index in [0.29, 0.717) is 59.4 Å². The van der Waals surface area contributed by atoms with Crippen molar-refractivity contribution in [3.05, 3.63) is 131 Å². The summed E-state index contributed by atoms with van der Waals surface area (Å²) >= 11 is 0. The first-order chi connectivity index (χ1) is 26.3. The van der Waals surface area contributed by atoms with Gasteiger partial charge in [-0.15, -0.1) is 0 Å². The number of aromatic hydroxyl groups is 1. The first-order valence-corrected chi connectivity index (χ1v) is 18.3. The summed E-state index contributed by atoms with van der Waals surface area (Å²) < 4.78 is 21.2. The van der Waals surface area contributed by atoms with Gasteiger partial charge in [0.15, 0.2) is 11.5 Å². The average molecular weight is 724 g/mol. The maximum atomic E-state index is 15.0. The molecular formula is C43H41N5O6. The number of carbonyl (C=O) groups excluding carboxylic acids is 2. The van der Waals surface area contributed by atoms with Gasteiger partial charge in [-0.2, -0.15) is 0 Å². The molecule has 4 aromatic carbocycles. The first kappa shape index (κ1) is 33.8. The molecule has 6 aromatic rings. The van der Waals surface area contributed by atoms with Gasteiger partial charge in [0.05, 0.1) is 30.0 Å². The second kappa shape index (κ2) is 13.7. The van der Waals surface area contributed by atoms with Crippen LogP contribution in [0.5, 0.6) is 17.2 Å². The number of aryl methyl sites for hydroxylation is 2. The number of rotatable bonds is 7. The van der Waals surface area contributed by atoms with Gasteiger partial charge >= 0.3 is 0 Å². The predicted molar refractivity (Wildman–Crippen MR) is 205 cm³/mol. The smallest absolute Gasteiger partial charge is 0.264 e. The number of phenols is 1. The third-order valence-corrected chi connectivity index (χ3v) is 10.9. The third kappa shape index (κ3) is 6.14. The Kier molecular flexibility index (Phi) is 8.59. The Morgan fingerprint density at radius 1 is 0.870 bits per heavy atom. The van der Waals surface area contributed by atoms with E-state index in [1.54, 1.807) is 41.4 Å². The number of nitrogens with zero attached hydrogens (tertiary/aromatic N) is 5. The lowest BCUT2D eigenvalue weighted by molar-refractivity contribution is 0.0192. The SMILES string of the molecule is Cc1cc(C(=O)N(c2ccc(O)cc2)c2ccc3c(ccn3C)c2)cn1-c1cc2c(cc1C(=O)N1Cc3ccccc3C[C@H]1CN1CCOCC1)OCO2. The molecule has 5 heterocycles. The molecule has 54 heavy (non-hydrogen) atoms. The highest BCUT2D eigenvalue weighted by atomic mass is 16.7. The van der Waals surface area contributed by atoms with Crippen molar-refractivity contribution in [2.24, 2.45) is 7.05 Å². The number of phenolic OH excluding ortho intramolecular Hbond substituents is 1. The first-order valence-electron chi connectivity index (χ1n) is 18.3. The molecule has 9 rings (SSSR count). The summed E-state index contributed by atoms with van der Waals surface area (Å²) in [7, 11) is 1.99. The average Bonchev–Trinajstić information content (AvgIpc) is 3.93. The van der Waals surface area contributed by atoms with Crippen molar-refractivity contribution in [2.45, 2.75) is 25.9 Å². The number of amides is 2. The van der Waals surface area contributed by atoms with E-state index >= 15 is 0 Å². The van der Waals surface area contributed by atoms with Crippen LogP contribution in [0.3, 0.4) is 0 Å². The number of hydrogen-bond acceptors (Lipinski definition) is 7. The predicted octanol–water partition coefficient (Wildman–Crippen LogP) is 6.59. The van der Waals surface area contributed by atoms with E-state index in [-0.39, 0.29) is 30.4 Å². The fourth-order valence-corrected chi connectivity index (χ4v) is 8.00. The van der Waals surface area contributed by atoms with Crippen LogP contribution in [-0.2, 0) is 24.8 Å². The molecule has 1 fully saturated rings. The second-order valence-corrected chi connectivity index (χ2v) is 14.3. The van der Waals surface area contributed by atoms with Crippen molar-refractivity contribution < 1.29 is 28.9 Å². The van der Waals surface area contributed by atoms with Crippen LogP contribution in [0.2, 0.25) is 0 Å². The van der Waals surface area contributed by atoms with Gasteiger partial charge in [-0.05, 0) is 85.1 Å². The molecule has 3 aliphatic heterocycles. The summed E-state index contributed by atoms with van der Waals surface area (Å²) in [5, 5.41) is 11.1. The lowest BCUT2D eigenvalue weighted by Gasteiger charge is -2.40. The van der Waals surface area contributed by atoms with Gasteiger partial charge in [0, 0.05) is 85.7 Å². The summed E-state index contributed by atoms with van der Waals surface area (Å²) in [4.78, 5) is 35.7. The zero-order valence-corrected chi connectivity index (χ0v) is 30.3. The van der Waals surface area contributed by atoms with E-state index in [1.165, 1.54) is 5.56 Å². The van der Waals surface area contributed by atoms with Crippen molar-refractivity contribution in [2.75, 3.05) is 44.5 Å². The highest BCUT2D eigenvalue weighted by Gasteiger charge is 2.35. The minimum absolute atomic E-state index is 0.0486. The van der Waals surface area contributed by atoms with Gasteiger partial charge in [-0.25, -0.2) is 0 Å². The van der Waals surface area contributed by atoms with Gasteiger partial charge in [0.2, 0.25) is 6.79 Å². The van der Waals surface area contributed by atoms with Crippen LogP contribution in [0.15, 0.2) is 103 Å². The molecule has 0 unspecified atom stereocenters. The number of benzene rings is 4. The van der Waals surface area contributed by atoms with Crippen molar-refractivity contribution in [1.82, 2.24) is 18.9 Å². The molecule has 0 spiro atoms. The molecular weight excluding hydrogens is 683 g/mol. The van der Waals surface area contributed by atoms with Crippen molar-refractivity contribution in [3.8, 4) is 22.9 Å². The van der Waals surface area contributed by atoms with Gasteiger partial charge in [-0.1, -0.05) is 24.3 Å². The van der Waals surface area contributed by atoms with Gasteiger partial charge in [0.25, 0.3) is 11.8 Å². The van der Waals surface area contributed by atoms with Crippen LogP contribution in [0.4, 0.5) is 11.4 Å². The van der Waals surface area contributed by atoms with Crippen LogP contribution in [-0.4, -0.2) is 81.5 Å². The Labute approximate surface area is 313 Å². The fraction of sp³-hybridized carbons (Fsp3) is 0.256. The quantitative estimate of drug-likeness (QED) is 0.198. The Hall–Kier alpha value is -6.04. The van der Waals surface area contributed by atoms with Crippen molar-refractivity contribution in [1.29, 1.82) is 0 Å². The fourth-order valence-electron chi connectivity index (χ4n) is 8.00. The Balaban J connectivity index is 1.11. The van der Waals surface area contributed by atoms with E-state index in [4.69, 9.17) is 14.2 Å². The Bertz CT molecular complexity index is 2390. The summed E-state index contributed by atoms with van der Waals surface area (Å²) in [6.45, 7) is 6.24. The van der Waals surface area contributed by atoms with Crippen LogP contribution >= 0.6 is 0 Å². The number of aromatic nitrogens is 2. The minimum atomic E-state index is -0.260. The van der Waals surface area contributed by atoms with Gasteiger partial charge in [-0.3, -0.25) is 19.4 Å². The molecule has 274 valence electrons. The van der Waals surface area contributed by atoms with E-state index in [0.717, 1.165) is 48.2 Å². The number of anilines is 2. The van der Waals surface area contributed by atoms with E-state index in [2.05, 4.69) is 23.1 Å². The molecule has 0 aliphatic carbocycles. The highest BCUT2D eigenvalue weighted by Crippen LogP contribution is 2.39. The van der Waals surface area contributed by atoms with Crippen molar-refractivity contribution >= 4 is 34.1 Å². The summed E-state index contributed by atoms with van der Waals surface area (Å²) in [5.41, 5.74) is 7.01. The van der Waals surface area contributed by atoms with Crippen LogP contribution in [0, 0.1) is 6.92 Å². The van der Waals surface area contributed by atoms with Crippen LogP contribution in [0.25, 0.3) is 16.6 Å². The molecule has 11 heteroatoms. The normalized spacial score (nSPS) is 16.8. The summed E-state index contributed by atoms with van der Waals surface area (Å²) in [5.74, 6) is 0.790. The van der Waals surface area contributed by atoms with E-state index < -0.39 is 0 Å². The lowest BCUT2D eigenvalue weighted by atomic mass is 9.92. The Morgan fingerprint density at radius 3 is 2.41 bits per heavy atom. The van der Waals surface area contributed by atoms with E-state index in [9.17, 15) is 14.7 Å². The van der Waals surface area contributed by atoms with Crippen LogP contribution in [0.1, 0.15) is 37.5 Å². The maximum Gasteiger partial charge on any atom is 0.264 e. The van der Waals surface area contributed by atoms with Crippen molar-refractivity contribution in [3.63, 3.8) is 0 Å². The van der Waals surface area contributed by atoms with Crippen LogP contribution < -0.4 is 14.4 Å². The second-order valence-electron chi connectivity index (χ2n) is 14.3. The molecule has 1 N–H and O–H groups in total. The molecule has 1 saturated heterocycles. The number of morpholine rings is 1. The topological polar surface area (TPSA) is 102 Å². The molecule has 1 atom stereocenters. The van der Waals surface area contributed by atoms with Gasteiger partial charge < -0.3 is 33.4 Å². The van der Waals surface area contributed by atoms with Gasteiger partial charge in [0.1, 0.15) is 5.75 Å². The minimum Gasteiger partial charge on any atom is -0.508 e. The molecule has 0 saturated carbocycles. The monoisotopic (exact) mass is 723 g/mol. The number of ether oxygens (including phenoxy) is 3. The maximum absolute atomic E-state index is 15.0. The standard InChI is InChI=1S/C43H41N5O6/c1-28-19-32(42(50)48(33-7-10-36(49)11-8-33)34-9-12-38-30(21-34)13-14-44(38)2)25-46(28)39-23-41-40(53-27-54-41)22-37(39)43(51)47-24-31-6-4-3-5-29(31)20-35(47)26-45-15-17-52-18-16-45/h3-14,19,21-23,25,35,49H,15-18,20,24,26-27H2,1-2H3/t35-/m0/s1. The molecule has 0 radical (unpaired) electrons. The molecule has 2 aromatic heterocycles. The van der Waals surface area contributed by atoms with E-state index in [1.807, 2.05) is 76.7 Å².